The van der Waals surface area contributed by atoms with Gasteiger partial charge in [0.1, 0.15) is 0 Å². The van der Waals surface area contributed by atoms with Crippen LogP contribution in [0.2, 0.25) is 0 Å². The zero-order valence-electron chi connectivity index (χ0n) is 9.24. The van der Waals surface area contributed by atoms with Crippen molar-refractivity contribution in [2.75, 3.05) is 13.7 Å². The third-order valence-electron chi connectivity index (χ3n) is 2.18. The van der Waals surface area contributed by atoms with Crippen LogP contribution >= 0.6 is 15.9 Å². The van der Waals surface area contributed by atoms with Gasteiger partial charge in [0.05, 0.1) is 29.4 Å². The lowest BCUT2D eigenvalue weighted by atomic mass is 10.2. The summed E-state index contributed by atoms with van der Waals surface area (Å²) in [7, 11) is 1.62. The highest BCUT2D eigenvalue weighted by molar-refractivity contribution is 9.10. The zero-order valence-corrected chi connectivity index (χ0v) is 10.8. The number of hydrogen-bond acceptors (Lipinski definition) is 5. The van der Waals surface area contributed by atoms with Crippen LogP contribution in [0.4, 0.5) is 0 Å². The topological polar surface area (TPSA) is 88.4 Å². The number of hydrazine groups is 1. The van der Waals surface area contributed by atoms with Crippen LogP contribution in [0.3, 0.4) is 0 Å². The summed E-state index contributed by atoms with van der Waals surface area (Å²) >= 11 is 3.36. The minimum Gasteiger partial charge on any atom is -0.395 e. The molecule has 0 atom stereocenters. The molecule has 0 unspecified atom stereocenters. The molecular weight excluding hydrogens is 272 g/mol. The Labute approximate surface area is 103 Å². The number of likely N-dealkylation sites (N-methyl/N-ethyl adjacent to an activating group) is 1. The standard InChI is InChI=1S/C10H15BrN4O/c1-6-7(11)3-4-8(14-6)10(12)9(5-16)15(2)13/h3-4,16H,5,12-13H2,1-2H3/b10-9-. The fourth-order valence-corrected chi connectivity index (χ4v) is 1.45. The van der Waals surface area contributed by atoms with Gasteiger partial charge >= 0.3 is 0 Å². The Morgan fingerprint density at radius 3 is 2.62 bits per heavy atom. The van der Waals surface area contributed by atoms with Crippen molar-refractivity contribution in [3.8, 4) is 0 Å². The Bertz CT molecular complexity index is 417. The first-order valence-electron chi connectivity index (χ1n) is 4.68. The monoisotopic (exact) mass is 286 g/mol. The third kappa shape index (κ3) is 2.72. The molecule has 0 spiro atoms. The highest BCUT2D eigenvalue weighted by Gasteiger charge is 2.09. The molecule has 0 saturated heterocycles. The number of pyridine rings is 1. The Morgan fingerprint density at radius 2 is 2.19 bits per heavy atom. The molecule has 0 amide bonds. The van der Waals surface area contributed by atoms with Gasteiger partial charge in [0, 0.05) is 11.5 Å². The van der Waals surface area contributed by atoms with E-state index >= 15 is 0 Å². The maximum atomic E-state index is 9.16. The van der Waals surface area contributed by atoms with Crippen LogP contribution in [0.1, 0.15) is 11.4 Å². The van der Waals surface area contributed by atoms with Crippen LogP contribution in [0.5, 0.6) is 0 Å². The molecule has 1 rings (SSSR count). The molecule has 88 valence electrons. The lowest BCUT2D eigenvalue weighted by Gasteiger charge is -2.17. The van der Waals surface area contributed by atoms with Crippen molar-refractivity contribution in [3.63, 3.8) is 0 Å². The molecule has 6 heteroatoms. The van der Waals surface area contributed by atoms with E-state index < -0.39 is 0 Å². The maximum Gasteiger partial charge on any atom is 0.0882 e. The molecule has 5 N–H and O–H groups in total. The number of rotatable bonds is 3. The Hall–Kier alpha value is -1.11. The molecule has 0 aromatic carbocycles. The molecule has 16 heavy (non-hydrogen) atoms. The highest BCUT2D eigenvalue weighted by atomic mass is 79.9. The third-order valence-corrected chi connectivity index (χ3v) is 3.02. The van der Waals surface area contributed by atoms with Gasteiger partial charge in [-0.25, -0.2) is 5.84 Å². The first-order chi connectivity index (χ1) is 7.47. The highest BCUT2D eigenvalue weighted by Crippen LogP contribution is 2.18. The lowest BCUT2D eigenvalue weighted by molar-refractivity contribution is 0.278. The Morgan fingerprint density at radius 1 is 1.56 bits per heavy atom. The maximum absolute atomic E-state index is 9.16. The van der Waals surface area contributed by atoms with Crippen molar-refractivity contribution >= 4 is 21.6 Å². The van der Waals surface area contributed by atoms with E-state index in [2.05, 4.69) is 20.9 Å². The summed E-state index contributed by atoms with van der Waals surface area (Å²) in [4.78, 5) is 4.30. The van der Waals surface area contributed by atoms with E-state index in [0.717, 1.165) is 10.2 Å². The van der Waals surface area contributed by atoms with Gasteiger partial charge in [-0.3, -0.25) is 4.98 Å². The fourth-order valence-electron chi connectivity index (χ4n) is 1.23. The average molecular weight is 287 g/mol. The summed E-state index contributed by atoms with van der Waals surface area (Å²) in [5.74, 6) is 5.55. The van der Waals surface area contributed by atoms with E-state index in [9.17, 15) is 0 Å². The Kier molecular flexibility index (Phi) is 4.28. The van der Waals surface area contributed by atoms with Crippen LogP contribution < -0.4 is 11.6 Å². The van der Waals surface area contributed by atoms with Crippen LogP contribution in [0, 0.1) is 6.92 Å². The molecule has 0 aliphatic rings. The molecule has 5 nitrogen and oxygen atoms in total. The second kappa shape index (κ2) is 5.29. The number of aromatic nitrogens is 1. The Balaban J connectivity index is 3.21. The zero-order chi connectivity index (χ0) is 12.3. The van der Waals surface area contributed by atoms with Crippen molar-refractivity contribution in [3.05, 3.63) is 33.7 Å². The molecule has 0 aliphatic carbocycles. The number of aliphatic hydroxyl groups excluding tert-OH is 1. The van der Waals surface area contributed by atoms with Gasteiger partial charge in [0.25, 0.3) is 0 Å². The summed E-state index contributed by atoms with van der Waals surface area (Å²) in [5.41, 5.74) is 8.14. The molecule has 1 aromatic rings. The van der Waals surface area contributed by atoms with Gasteiger partial charge in [0.15, 0.2) is 0 Å². The van der Waals surface area contributed by atoms with Crippen molar-refractivity contribution in [1.29, 1.82) is 0 Å². The van der Waals surface area contributed by atoms with Gasteiger partial charge in [-0.15, -0.1) is 0 Å². The van der Waals surface area contributed by atoms with Gasteiger partial charge in [-0.05, 0) is 35.0 Å². The van der Waals surface area contributed by atoms with Crippen LogP contribution in [-0.4, -0.2) is 28.8 Å². The number of nitrogens with zero attached hydrogens (tertiary/aromatic N) is 2. The van der Waals surface area contributed by atoms with Gasteiger partial charge in [0.2, 0.25) is 0 Å². The van der Waals surface area contributed by atoms with E-state index in [0.29, 0.717) is 17.1 Å². The van der Waals surface area contributed by atoms with E-state index in [1.54, 1.807) is 13.1 Å². The van der Waals surface area contributed by atoms with E-state index in [4.69, 9.17) is 16.7 Å². The number of nitrogens with two attached hydrogens (primary N) is 2. The molecule has 0 fully saturated rings. The van der Waals surface area contributed by atoms with Crippen LogP contribution in [-0.2, 0) is 0 Å². The van der Waals surface area contributed by atoms with Crippen LogP contribution in [0.15, 0.2) is 22.3 Å². The predicted octanol–water partition coefficient (Wildman–Crippen LogP) is 0.578. The minimum absolute atomic E-state index is 0.227. The predicted molar refractivity (Wildman–Crippen MR) is 66.8 cm³/mol. The second-order valence-corrected chi connectivity index (χ2v) is 4.25. The van der Waals surface area contributed by atoms with Crippen molar-refractivity contribution < 1.29 is 5.11 Å². The van der Waals surface area contributed by atoms with E-state index in [1.165, 1.54) is 5.01 Å². The van der Waals surface area contributed by atoms with E-state index in [1.807, 2.05) is 13.0 Å². The number of aryl methyl sites for hydroxylation is 1. The van der Waals surface area contributed by atoms with Crippen molar-refractivity contribution in [2.45, 2.75) is 6.92 Å². The number of halogens is 1. The summed E-state index contributed by atoms with van der Waals surface area (Å²) in [6.07, 6.45) is 0. The van der Waals surface area contributed by atoms with Gasteiger partial charge in [-0.2, -0.15) is 0 Å². The quantitative estimate of drug-likeness (QED) is 0.559. The average Bonchev–Trinajstić information content (AvgIpc) is 2.22. The van der Waals surface area contributed by atoms with Gasteiger partial charge < -0.3 is 15.8 Å². The smallest absolute Gasteiger partial charge is 0.0882 e. The first-order valence-corrected chi connectivity index (χ1v) is 5.48. The molecule has 0 saturated carbocycles. The summed E-state index contributed by atoms with van der Waals surface area (Å²) < 4.78 is 0.913. The largest absolute Gasteiger partial charge is 0.395 e. The SMILES string of the molecule is Cc1nc(/C(N)=C(\CO)N(C)N)ccc1Br. The van der Waals surface area contributed by atoms with E-state index in [-0.39, 0.29) is 6.61 Å². The number of hydrogen-bond donors (Lipinski definition) is 3. The number of aliphatic hydroxyl groups is 1. The summed E-state index contributed by atoms with van der Waals surface area (Å²) in [6, 6.07) is 3.63. The van der Waals surface area contributed by atoms with Crippen molar-refractivity contribution in [1.82, 2.24) is 9.99 Å². The second-order valence-electron chi connectivity index (χ2n) is 3.39. The first kappa shape index (κ1) is 13.0. The van der Waals surface area contributed by atoms with Crippen LogP contribution in [0.25, 0.3) is 5.70 Å². The fraction of sp³-hybridized carbons (Fsp3) is 0.300. The molecule has 1 heterocycles. The molecular formula is C10H15BrN4O. The van der Waals surface area contributed by atoms with Crippen molar-refractivity contribution in [2.24, 2.45) is 11.6 Å². The lowest BCUT2D eigenvalue weighted by Crippen LogP contribution is -2.29. The molecule has 0 bridgehead atoms. The molecule has 0 aliphatic heterocycles. The summed E-state index contributed by atoms with van der Waals surface area (Å²) in [6.45, 7) is 1.64. The normalized spacial score (nSPS) is 12.3. The molecule has 1 aromatic heterocycles. The summed E-state index contributed by atoms with van der Waals surface area (Å²) in [5, 5.41) is 10.4. The minimum atomic E-state index is -0.227. The van der Waals surface area contributed by atoms with Gasteiger partial charge in [-0.1, -0.05) is 0 Å². The molecule has 0 radical (unpaired) electrons.